The monoisotopic (exact) mass is 269 g/mol. The van der Waals surface area contributed by atoms with E-state index in [2.05, 4.69) is 47.2 Å². The summed E-state index contributed by atoms with van der Waals surface area (Å²) in [5.41, 5.74) is 0.852. The fourth-order valence-electron chi connectivity index (χ4n) is 1.74. The molecule has 2 rings (SSSR count). The number of hydrogen-bond donors (Lipinski definition) is 1. The summed E-state index contributed by atoms with van der Waals surface area (Å²) in [5, 5.41) is 3.44. The van der Waals surface area contributed by atoms with E-state index in [9.17, 15) is 0 Å². The van der Waals surface area contributed by atoms with Gasteiger partial charge in [0, 0.05) is 11.0 Å². The van der Waals surface area contributed by atoms with Gasteiger partial charge in [-0.1, -0.05) is 35.0 Å². The third-order valence-electron chi connectivity index (χ3n) is 2.84. The molecule has 15 heavy (non-hydrogen) atoms. The normalized spacial score (nSPS) is 31.5. The number of ether oxygens (including phenoxy) is 1. The van der Waals surface area contributed by atoms with E-state index in [1.165, 1.54) is 5.56 Å². The Kier molecular flexibility index (Phi) is 3.14. The molecular weight excluding hydrogens is 254 g/mol. The van der Waals surface area contributed by atoms with Gasteiger partial charge in [0.2, 0.25) is 0 Å². The summed E-state index contributed by atoms with van der Waals surface area (Å²) in [5.74, 6) is 0.591. The van der Waals surface area contributed by atoms with Crippen LogP contribution >= 0.6 is 15.9 Å². The van der Waals surface area contributed by atoms with E-state index < -0.39 is 0 Å². The molecule has 2 atom stereocenters. The van der Waals surface area contributed by atoms with Crippen LogP contribution < -0.4 is 5.32 Å². The summed E-state index contributed by atoms with van der Waals surface area (Å²) in [6, 6.07) is 8.27. The molecule has 0 aliphatic carbocycles. The minimum absolute atomic E-state index is 0.326. The molecule has 82 valence electrons. The minimum atomic E-state index is -0.326. The molecule has 1 aromatic rings. The van der Waals surface area contributed by atoms with Crippen LogP contribution in [0.25, 0.3) is 0 Å². The van der Waals surface area contributed by atoms with E-state index in [0.717, 1.165) is 17.6 Å². The molecule has 0 saturated carbocycles. The summed E-state index contributed by atoms with van der Waals surface area (Å²) >= 11 is 3.44. The zero-order valence-corrected chi connectivity index (χ0v) is 10.7. The molecule has 0 bridgehead atoms. The molecule has 0 aromatic heterocycles. The van der Waals surface area contributed by atoms with Crippen LogP contribution in [0.3, 0.4) is 0 Å². The van der Waals surface area contributed by atoms with E-state index in [4.69, 9.17) is 4.74 Å². The second kappa shape index (κ2) is 4.24. The molecule has 0 spiro atoms. The second-order valence-electron chi connectivity index (χ2n) is 4.34. The van der Waals surface area contributed by atoms with Crippen molar-refractivity contribution >= 4 is 15.9 Å². The largest absolute Gasteiger partial charge is 0.356 e. The minimum Gasteiger partial charge on any atom is -0.356 e. The number of hydrogen-bond acceptors (Lipinski definition) is 2. The topological polar surface area (TPSA) is 21.3 Å². The third kappa shape index (κ3) is 2.41. The van der Waals surface area contributed by atoms with Gasteiger partial charge in [0.1, 0.15) is 5.72 Å². The molecule has 1 heterocycles. The van der Waals surface area contributed by atoms with Crippen molar-refractivity contribution in [1.29, 1.82) is 0 Å². The van der Waals surface area contributed by atoms with Crippen molar-refractivity contribution in [3.63, 3.8) is 0 Å². The molecule has 0 radical (unpaired) electrons. The molecule has 0 amide bonds. The molecular formula is C12H16BrNO. The predicted molar refractivity (Wildman–Crippen MR) is 64.6 cm³/mol. The van der Waals surface area contributed by atoms with E-state index in [1.54, 1.807) is 0 Å². The highest BCUT2D eigenvalue weighted by atomic mass is 79.9. The molecule has 1 N–H and O–H groups in total. The molecule has 1 saturated heterocycles. The van der Waals surface area contributed by atoms with Crippen LogP contribution in [0.4, 0.5) is 0 Å². The molecule has 2 nitrogen and oxygen atoms in total. The van der Waals surface area contributed by atoms with E-state index >= 15 is 0 Å². The summed E-state index contributed by atoms with van der Waals surface area (Å²) in [6.45, 7) is 6.10. The Labute approximate surface area is 99.1 Å². The standard InChI is InChI=1S/C12H16BrNO/c1-9-7-14-12(2,15-8-9)10-3-5-11(13)6-4-10/h3-6,9,14H,7-8H2,1-2H3. The first kappa shape index (κ1) is 11.1. The van der Waals surface area contributed by atoms with Gasteiger partial charge in [-0.05, 0) is 30.5 Å². The highest BCUT2D eigenvalue weighted by Crippen LogP contribution is 2.27. The second-order valence-corrected chi connectivity index (χ2v) is 5.25. The maximum Gasteiger partial charge on any atom is 0.142 e. The Morgan fingerprint density at radius 2 is 2.07 bits per heavy atom. The first-order chi connectivity index (χ1) is 7.10. The van der Waals surface area contributed by atoms with Crippen molar-refractivity contribution < 1.29 is 4.74 Å². The van der Waals surface area contributed by atoms with Crippen molar-refractivity contribution in [2.45, 2.75) is 19.6 Å². The Hall–Kier alpha value is -0.380. The Bertz CT molecular complexity index is 328. The number of halogens is 1. The van der Waals surface area contributed by atoms with Gasteiger partial charge in [-0.15, -0.1) is 0 Å². The smallest absolute Gasteiger partial charge is 0.142 e. The highest BCUT2D eigenvalue weighted by Gasteiger charge is 2.31. The van der Waals surface area contributed by atoms with Gasteiger partial charge in [-0.25, -0.2) is 0 Å². The van der Waals surface area contributed by atoms with Gasteiger partial charge in [0.25, 0.3) is 0 Å². The summed E-state index contributed by atoms with van der Waals surface area (Å²) in [7, 11) is 0. The lowest BCUT2D eigenvalue weighted by Crippen LogP contribution is -2.49. The van der Waals surface area contributed by atoms with E-state index in [1.807, 2.05) is 12.1 Å². The maximum atomic E-state index is 5.88. The van der Waals surface area contributed by atoms with Gasteiger partial charge >= 0.3 is 0 Å². The number of nitrogens with one attached hydrogen (secondary N) is 1. The van der Waals surface area contributed by atoms with Crippen LogP contribution in [0.15, 0.2) is 28.7 Å². The zero-order chi connectivity index (χ0) is 10.9. The van der Waals surface area contributed by atoms with Gasteiger partial charge in [0.15, 0.2) is 0 Å². The van der Waals surface area contributed by atoms with Crippen LogP contribution in [-0.2, 0) is 10.5 Å². The fraction of sp³-hybridized carbons (Fsp3) is 0.500. The first-order valence-electron chi connectivity index (χ1n) is 5.25. The molecule has 1 aliphatic rings. The molecule has 2 unspecified atom stereocenters. The summed E-state index contributed by atoms with van der Waals surface area (Å²) < 4.78 is 6.97. The fourth-order valence-corrected chi connectivity index (χ4v) is 2.01. The van der Waals surface area contributed by atoms with E-state index in [-0.39, 0.29) is 5.72 Å². The quantitative estimate of drug-likeness (QED) is 0.847. The molecule has 3 heteroatoms. The van der Waals surface area contributed by atoms with Crippen LogP contribution in [0.1, 0.15) is 19.4 Å². The molecule has 1 aromatic carbocycles. The predicted octanol–water partition coefficient (Wildman–Crippen LogP) is 2.88. The number of rotatable bonds is 1. The van der Waals surface area contributed by atoms with Crippen LogP contribution in [0.2, 0.25) is 0 Å². The van der Waals surface area contributed by atoms with Crippen LogP contribution in [0, 0.1) is 5.92 Å². The SMILES string of the molecule is CC1CNC(C)(c2ccc(Br)cc2)OC1. The summed E-state index contributed by atoms with van der Waals surface area (Å²) in [4.78, 5) is 0. The zero-order valence-electron chi connectivity index (χ0n) is 9.09. The average molecular weight is 270 g/mol. The maximum absolute atomic E-state index is 5.88. The lowest BCUT2D eigenvalue weighted by Gasteiger charge is -2.38. The van der Waals surface area contributed by atoms with E-state index in [0.29, 0.717) is 5.92 Å². The lowest BCUT2D eigenvalue weighted by atomic mass is 10.0. The third-order valence-corrected chi connectivity index (χ3v) is 3.37. The molecule has 1 fully saturated rings. The van der Waals surface area contributed by atoms with Crippen molar-refractivity contribution in [3.8, 4) is 0 Å². The average Bonchev–Trinajstić information content (AvgIpc) is 2.24. The summed E-state index contributed by atoms with van der Waals surface area (Å²) in [6.07, 6.45) is 0. The van der Waals surface area contributed by atoms with Crippen molar-refractivity contribution in [2.75, 3.05) is 13.2 Å². The van der Waals surface area contributed by atoms with Crippen molar-refractivity contribution in [1.82, 2.24) is 5.32 Å². The Morgan fingerprint density at radius 1 is 1.40 bits per heavy atom. The van der Waals surface area contributed by atoms with Gasteiger partial charge in [0.05, 0.1) is 6.61 Å². The Morgan fingerprint density at radius 3 is 2.60 bits per heavy atom. The van der Waals surface area contributed by atoms with Crippen molar-refractivity contribution in [3.05, 3.63) is 34.3 Å². The van der Waals surface area contributed by atoms with Gasteiger partial charge < -0.3 is 4.74 Å². The van der Waals surface area contributed by atoms with Crippen molar-refractivity contribution in [2.24, 2.45) is 5.92 Å². The highest BCUT2D eigenvalue weighted by molar-refractivity contribution is 9.10. The molecule has 1 aliphatic heterocycles. The van der Waals surface area contributed by atoms with Crippen LogP contribution in [-0.4, -0.2) is 13.2 Å². The first-order valence-corrected chi connectivity index (χ1v) is 6.04. The van der Waals surface area contributed by atoms with Gasteiger partial charge in [-0.2, -0.15) is 0 Å². The number of benzene rings is 1. The van der Waals surface area contributed by atoms with Crippen LogP contribution in [0.5, 0.6) is 0 Å². The van der Waals surface area contributed by atoms with Gasteiger partial charge in [-0.3, -0.25) is 5.32 Å². The Balaban J connectivity index is 2.18. The lowest BCUT2D eigenvalue weighted by molar-refractivity contribution is -0.106.